The molecule has 3 aromatic rings. The van der Waals surface area contributed by atoms with E-state index in [1.807, 2.05) is 17.5 Å². The Morgan fingerprint density at radius 3 is 2.45 bits per heavy atom. The van der Waals surface area contributed by atoms with Gasteiger partial charge < -0.3 is 10.1 Å². The lowest BCUT2D eigenvalue weighted by atomic mass is 10.1. The third-order valence-corrected chi connectivity index (χ3v) is 5.52. The van der Waals surface area contributed by atoms with E-state index in [1.165, 1.54) is 37.0 Å². The van der Waals surface area contributed by atoms with Gasteiger partial charge >= 0.3 is 5.97 Å². The molecule has 0 unspecified atom stereocenters. The first kappa shape index (κ1) is 23.9. The van der Waals surface area contributed by atoms with Crippen LogP contribution in [0.25, 0.3) is 17.3 Å². The number of nitrogens with one attached hydrogen (secondary N) is 2. The number of carbonyl (C=O) groups excluding carboxylic acids is 3. The molecule has 0 aliphatic rings. The highest BCUT2D eigenvalue weighted by Gasteiger charge is 2.07. The van der Waals surface area contributed by atoms with E-state index in [4.69, 9.17) is 0 Å². The van der Waals surface area contributed by atoms with E-state index in [2.05, 4.69) is 32.5 Å². The zero-order valence-corrected chi connectivity index (χ0v) is 19.3. The van der Waals surface area contributed by atoms with Crippen molar-refractivity contribution in [2.24, 2.45) is 0 Å². The van der Waals surface area contributed by atoms with Crippen molar-refractivity contribution in [1.82, 2.24) is 10.3 Å². The number of ether oxygens (including phenoxy) is 1. The third-order valence-electron chi connectivity index (χ3n) is 4.76. The Morgan fingerprint density at radius 1 is 1.06 bits per heavy atom. The molecule has 8 heteroatoms. The largest absolute Gasteiger partial charge is 0.465 e. The molecule has 0 fully saturated rings. The van der Waals surface area contributed by atoms with Crippen LogP contribution in [0.3, 0.4) is 0 Å². The zero-order valence-electron chi connectivity index (χ0n) is 18.5. The summed E-state index contributed by atoms with van der Waals surface area (Å²) in [4.78, 5) is 39.1. The van der Waals surface area contributed by atoms with Gasteiger partial charge in [0, 0.05) is 30.5 Å². The highest BCUT2D eigenvalue weighted by atomic mass is 32.1. The molecule has 7 nitrogen and oxygen atoms in total. The number of thiazole rings is 1. The summed E-state index contributed by atoms with van der Waals surface area (Å²) in [5.41, 5.74) is 4.20. The van der Waals surface area contributed by atoms with Gasteiger partial charge in [0.05, 0.1) is 18.4 Å². The topological polar surface area (TPSA) is 97.4 Å². The second-order valence-corrected chi connectivity index (χ2v) is 8.12. The van der Waals surface area contributed by atoms with Gasteiger partial charge in [0.15, 0.2) is 5.13 Å². The van der Waals surface area contributed by atoms with Crippen LogP contribution in [0, 0.1) is 0 Å². The lowest BCUT2D eigenvalue weighted by Gasteiger charge is -2.04. The maximum absolute atomic E-state index is 12.2. The monoisotopic (exact) mass is 463 g/mol. The minimum absolute atomic E-state index is 0.0124. The number of nitrogens with zero attached hydrogens (tertiary/aromatic N) is 1. The number of hydrogen-bond acceptors (Lipinski definition) is 6. The Balaban J connectivity index is 1.52. The molecule has 0 aliphatic carbocycles. The fourth-order valence-corrected chi connectivity index (χ4v) is 3.75. The van der Waals surface area contributed by atoms with Crippen LogP contribution in [0.2, 0.25) is 0 Å². The maximum atomic E-state index is 12.2. The average molecular weight is 464 g/mol. The SMILES string of the molecule is COC(=O)c1ccc(/C=C/C(=O)Nc2nc(-c3ccc(CCCNC(C)=O)cc3)cs2)cc1. The molecular weight excluding hydrogens is 438 g/mol. The Kier molecular flexibility index (Phi) is 8.49. The maximum Gasteiger partial charge on any atom is 0.337 e. The number of esters is 1. The van der Waals surface area contributed by atoms with Crippen molar-refractivity contribution in [2.45, 2.75) is 19.8 Å². The minimum Gasteiger partial charge on any atom is -0.465 e. The van der Waals surface area contributed by atoms with Crippen molar-refractivity contribution in [2.75, 3.05) is 19.0 Å². The molecule has 0 radical (unpaired) electrons. The van der Waals surface area contributed by atoms with Crippen molar-refractivity contribution in [1.29, 1.82) is 0 Å². The summed E-state index contributed by atoms with van der Waals surface area (Å²) in [7, 11) is 1.33. The molecule has 0 spiro atoms. The standard InChI is InChI=1S/C25H25N3O4S/c1-17(29)26-15-3-4-18-5-10-20(11-6-18)22-16-33-25(27-22)28-23(30)14-9-19-7-12-21(13-8-19)24(31)32-2/h5-14,16H,3-4,15H2,1-2H3,(H,26,29)(H,27,28,30)/b14-9+. The number of amides is 2. The third kappa shape index (κ3) is 7.40. The van der Waals surface area contributed by atoms with E-state index in [-0.39, 0.29) is 11.8 Å². The first-order valence-electron chi connectivity index (χ1n) is 10.4. The molecule has 3 rings (SSSR count). The van der Waals surface area contributed by atoms with Crippen LogP contribution in [-0.2, 0) is 20.7 Å². The molecule has 0 atom stereocenters. The predicted molar refractivity (Wildman–Crippen MR) is 130 cm³/mol. The van der Waals surface area contributed by atoms with Gasteiger partial charge in [0.25, 0.3) is 0 Å². The summed E-state index contributed by atoms with van der Waals surface area (Å²) >= 11 is 1.36. The smallest absolute Gasteiger partial charge is 0.337 e. The molecule has 0 saturated heterocycles. The summed E-state index contributed by atoms with van der Waals surface area (Å²) in [5.74, 6) is -0.705. The molecule has 2 amide bonds. The Labute approximate surface area is 196 Å². The molecule has 0 bridgehead atoms. The van der Waals surface area contributed by atoms with Crippen LogP contribution in [0.5, 0.6) is 0 Å². The molecule has 1 heterocycles. The van der Waals surface area contributed by atoms with Crippen LogP contribution in [-0.4, -0.2) is 36.4 Å². The van der Waals surface area contributed by atoms with Crippen molar-refractivity contribution in [3.8, 4) is 11.3 Å². The van der Waals surface area contributed by atoms with Crippen molar-refractivity contribution in [3.05, 3.63) is 76.7 Å². The van der Waals surface area contributed by atoms with Crippen LogP contribution in [0.4, 0.5) is 5.13 Å². The quantitative estimate of drug-likeness (QED) is 0.280. The van der Waals surface area contributed by atoms with E-state index in [9.17, 15) is 14.4 Å². The van der Waals surface area contributed by atoms with E-state index in [1.54, 1.807) is 30.3 Å². The van der Waals surface area contributed by atoms with Crippen LogP contribution in [0.15, 0.2) is 60.0 Å². The summed E-state index contributed by atoms with van der Waals surface area (Å²) in [6.45, 7) is 2.18. The minimum atomic E-state index is -0.403. The normalized spacial score (nSPS) is 10.7. The van der Waals surface area contributed by atoms with Crippen LogP contribution in [0.1, 0.15) is 34.8 Å². The highest BCUT2D eigenvalue weighted by molar-refractivity contribution is 7.14. The molecule has 0 saturated carbocycles. The molecule has 1 aromatic heterocycles. The Bertz CT molecular complexity index is 1140. The first-order valence-corrected chi connectivity index (χ1v) is 11.3. The van der Waals surface area contributed by atoms with E-state index in [0.29, 0.717) is 17.2 Å². The van der Waals surface area contributed by atoms with Crippen molar-refractivity contribution in [3.63, 3.8) is 0 Å². The average Bonchev–Trinajstić information content (AvgIpc) is 3.29. The van der Waals surface area contributed by atoms with Crippen LogP contribution < -0.4 is 10.6 Å². The summed E-state index contributed by atoms with van der Waals surface area (Å²) in [6.07, 6.45) is 4.85. The summed E-state index contributed by atoms with van der Waals surface area (Å²) < 4.78 is 4.67. The number of carbonyl (C=O) groups is 3. The molecule has 170 valence electrons. The number of rotatable bonds is 9. The van der Waals surface area contributed by atoms with Crippen LogP contribution >= 0.6 is 11.3 Å². The van der Waals surface area contributed by atoms with Gasteiger partial charge in [-0.2, -0.15) is 0 Å². The van der Waals surface area contributed by atoms with Gasteiger partial charge in [-0.15, -0.1) is 11.3 Å². The fourth-order valence-electron chi connectivity index (χ4n) is 3.03. The number of aryl methyl sites for hydroxylation is 1. The molecule has 2 N–H and O–H groups in total. The molecule has 33 heavy (non-hydrogen) atoms. The van der Waals surface area contributed by atoms with Gasteiger partial charge in [-0.25, -0.2) is 9.78 Å². The van der Waals surface area contributed by atoms with Gasteiger partial charge in [-0.05, 0) is 42.2 Å². The molecule has 0 aliphatic heterocycles. The number of benzene rings is 2. The summed E-state index contributed by atoms with van der Waals surface area (Å²) in [6, 6.07) is 14.9. The fraction of sp³-hybridized carbons (Fsp3) is 0.200. The van der Waals surface area contributed by atoms with Gasteiger partial charge in [-0.1, -0.05) is 36.4 Å². The Hall–Kier alpha value is -3.78. The van der Waals surface area contributed by atoms with Crippen molar-refractivity contribution < 1.29 is 19.1 Å². The number of aromatic nitrogens is 1. The van der Waals surface area contributed by atoms with E-state index < -0.39 is 5.97 Å². The number of anilines is 1. The van der Waals surface area contributed by atoms with Gasteiger partial charge in [-0.3, -0.25) is 14.9 Å². The highest BCUT2D eigenvalue weighted by Crippen LogP contribution is 2.25. The lowest BCUT2D eigenvalue weighted by molar-refractivity contribution is -0.119. The van der Waals surface area contributed by atoms with E-state index >= 15 is 0 Å². The van der Waals surface area contributed by atoms with Gasteiger partial charge in [0.1, 0.15) is 0 Å². The molecule has 2 aromatic carbocycles. The van der Waals surface area contributed by atoms with Crippen molar-refractivity contribution >= 4 is 40.3 Å². The second-order valence-electron chi connectivity index (χ2n) is 7.26. The van der Waals surface area contributed by atoms with Gasteiger partial charge in [0.2, 0.25) is 11.8 Å². The Morgan fingerprint density at radius 2 is 1.79 bits per heavy atom. The van der Waals surface area contributed by atoms with E-state index in [0.717, 1.165) is 29.7 Å². The number of methoxy groups -OCH3 is 1. The lowest BCUT2D eigenvalue weighted by Crippen LogP contribution is -2.21. The zero-order chi connectivity index (χ0) is 23.6. The number of hydrogen-bond donors (Lipinski definition) is 2. The second kappa shape index (κ2) is 11.7. The summed E-state index contributed by atoms with van der Waals surface area (Å²) in [5, 5.41) is 7.98. The predicted octanol–water partition coefficient (Wildman–Crippen LogP) is 4.32. The first-order chi connectivity index (χ1) is 15.9. The molecular formula is C25H25N3O4S.